The van der Waals surface area contributed by atoms with Crippen LogP contribution in [0.4, 0.5) is 13.2 Å². The number of halogens is 3. The standard InChI is InChI=1S/C13H10F3N5O3S/c14-7-3-6(10(15)16)4-8(5-7)21-11(19-23-13(21)22)9-12(20-24-18-9)25-2-1-17/h3-5,10H,1-2,17H2. The Bertz CT molecular complexity index is 939. The lowest BCUT2D eigenvalue weighted by atomic mass is 10.2. The van der Waals surface area contributed by atoms with Gasteiger partial charge in [-0.2, -0.15) is 0 Å². The molecule has 0 aliphatic heterocycles. The molecule has 2 aromatic heterocycles. The van der Waals surface area contributed by atoms with Crippen LogP contribution < -0.4 is 11.5 Å². The van der Waals surface area contributed by atoms with Crippen molar-refractivity contribution in [1.82, 2.24) is 20.0 Å². The summed E-state index contributed by atoms with van der Waals surface area (Å²) in [6, 6.07) is 2.52. The fourth-order valence-electron chi connectivity index (χ4n) is 2.05. The molecule has 12 heteroatoms. The second kappa shape index (κ2) is 7.11. The van der Waals surface area contributed by atoms with Crippen molar-refractivity contribution < 1.29 is 22.3 Å². The Morgan fingerprint density at radius 2 is 2.04 bits per heavy atom. The predicted octanol–water partition coefficient (Wildman–Crippen LogP) is 2.00. The molecule has 0 aliphatic carbocycles. The van der Waals surface area contributed by atoms with Crippen LogP contribution in [-0.4, -0.2) is 32.3 Å². The average Bonchev–Trinajstić information content (AvgIpc) is 3.18. The monoisotopic (exact) mass is 373 g/mol. The summed E-state index contributed by atoms with van der Waals surface area (Å²) in [6.07, 6.45) is -2.92. The van der Waals surface area contributed by atoms with Crippen LogP contribution in [0.3, 0.4) is 0 Å². The summed E-state index contributed by atoms with van der Waals surface area (Å²) in [4.78, 5) is 12.0. The molecule has 0 fully saturated rings. The van der Waals surface area contributed by atoms with E-state index in [4.69, 9.17) is 5.73 Å². The molecule has 0 bridgehead atoms. The second-order valence-electron chi connectivity index (χ2n) is 4.71. The van der Waals surface area contributed by atoms with Gasteiger partial charge in [-0.1, -0.05) is 16.9 Å². The van der Waals surface area contributed by atoms with E-state index in [1.54, 1.807) is 0 Å². The van der Waals surface area contributed by atoms with Gasteiger partial charge in [-0.3, -0.25) is 4.52 Å². The number of hydrogen-bond acceptors (Lipinski definition) is 8. The third-order valence-electron chi connectivity index (χ3n) is 3.05. The molecule has 0 aliphatic rings. The fourth-order valence-corrected chi connectivity index (χ4v) is 2.71. The molecule has 0 radical (unpaired) electrons. The van der Waals surface area contributed by atoms with E-state index in [0.29, 0.717) is 18.4 Å². The maximum Gasteiger partial charge on any atom is 0.446 e. The highest BCUT2D eigenvalue weighted by atomic mass is 32.2. The van der Waals surface area contributed by atoms with Gasteiger partial charge < -0.3 is 5.73 Å². The highest BCUT2D eigenvalue weighted by Crippen LogP contribution is 2.29. The largest absolute Gasteiger partial charge is 0.446 e. The zero-order valence-corrected chi connectivity index (χ0v) is 13.2. The predicted molar refractivity (Wildman–Crippen MR) is 80.1 cm³/mol. The molecule has 0 amide bonds. The van der Waals surface area contributed by atoms with Crippen molar-refractivity contribution >= 4 is 11.8 Å². The Hall–Kier alpha value is -2.60. The van der Waals surface area contributed by atoms with Crippen molar-refractivity contribution in [2.45, 2.75) is 11.5 Å². The lowest BCUT2D eigenvalue weighted by Crippen LogP contribution is -2.14. The molecule has 25 heavy (non-hydrogen) atoms. The summed E-state index contributed by atoms with van der Waals surface area (Å²) >= 11 is 1.19. The zero-order valence-electron chi connectivity index (χ0n) is 12.4. The van der Waals surface area contributed by atoms with Gasteiger partial charge in [-0.25, -0.2) is 27.2 Å². The Kier molecular flexibility index (Phi) is 4.90. The van der Waals surface area contributed by atoms with Crippen LogP contribution in [0.2, 0.25) is 0 Å². The zero-order chi connectivity index (χ0) is 18.0. The first-order chi connectivity index (χ1) is 12.0. The molecular formula is C13H10F3N5O3S. The molecule has 1 aromatic carbocycles. The molecule has 132 valence electrons. The lowest BCUT2D eigenvalue weighted by molar-refractivity contribution is 0.151. The van der Waals surface area contributed by atoms with E-state index < -0.39 is 23.6 Å². The van der Waals surface area contributed by atoms with E-state index >= 15 is 0 Å². The number of nitrogens with two attached hydrogens (primary N) is 1. The van der Waals surface area contributed by atoms with E-state index in [-0.39, 0.29) is 22.2 Å². The second-order valence-corrected chi connectivity index (χ2v) is 5.79. The van der Waals surface area contributed by atoms with E-state index in [9.17, 15) is 18.0 Å². The third-order valence-corrected chi connectivity index (χ3v) is 4.03. The maximum atomic E-state index is 13.7. The van der Waals surface area contributed by atoms with Gasteiger partial charge in [0.1, 0.15) is 5.82 Å². The minimum atomic E-state index is -2.92. The molecule has 3 rings (SSSR count). The SMILES string of the molecule is NCCSc1nonc1-c1noc(=O)n1-c1cc(F)cc(C(F)F)c1. The first-order valence-corrected chi connectivity index (χ1v) is 7.83. The molecule has 3 aromatic rings. The van der Waals surface area contributed by atoms with Crippen LogP contribution in [0, 0.1) is 5.82 Å². The minimum Gasteiger partial charge on any atom is -0.330 e. The Balaban J connectivity index is 2.13. The van der Waals surface area contributed by atoms with E-state index in [2.05, 4.69) is 24.6 Å². The number of nitrogens with zero attached hydrogens (tertiary/aromatic N) is 4. The van der Waals surface area contributed by atoms with Gasteiger partial charge in [-0.05, 0) is 28.5 Å². The van der Waals surface area contributed by atoms with Crippen LogP contribution >= 0.6 is 11.8 Å². The van der Waals surface area contributed by atoms with E-state index in [1.165, 1.54) is 11.8 Å². The molecule has 8 nitrogen and oxygen atoms in total. The van der Waals surface area contributed by atoms with Crippen molar-refractivity contribution in [1.29, 1.82) is 0 Å². The number of aromatic nitrogens is 4. The normalized spacial score (nSPS) is 11.4. The molecule has 2 N–H and O–H groups in total. The van der Waals surface area contributed by atoms with Crippen molar-refractivity contribution in [2.75, 3.05) is 12.3 Å². The summed E-state index contributed by atoms with van der Waals surface area (Å²) in [5.41, 5.74) is 4.69. The van der Waals surface area contributed by atoms with Gasteiger partial charge in [0, 0.05) is 17.9 Å². The van der Waals surface area contributed by atoms with Crippen molar-refractivity contribution in [3.05, 3.63) is 40.1 Å². The van der Waals surface area contributed by atoms with Crippen molar-refractivity contribution in [3.63, 3.8) is 0 Å². The first-order valence-electron chi connectivity index (χ1n) is 6.84. The maximum absolute atomic E-state index is 13.7. The molecule has 0 saturated heterocycles. The number of thioether (sulfide) groups is 1. The van der Waals surface area contributed by atoms with Gasteiger partial charge in [0.25, 0.3) is 6.43 Å². The summed E-state index contributed by atoms with van der Waals surface area (Å²) in [5, 5.41) is 11.2. The van der Waals surface area contributed by atoms with Crippen LogP contribution in [0.25, 0.3) is 17.2 Å². The number of alkyl halides is 2. The molecule has 0 spiro atoms. The molecular weight excluding hydrogens is 363 g/mol. The minimum absolute atomic E-state index is 0.0483. The molecule has 0 atom stereocenters. The highest BCUT2D eigenvalue weighted by Gasteiger charge is 2.24. The van der Waals surface area contributed by atoms with Crippen LogP contribution in [-0.2, 0) is 0 Å². The Morgan fingerprint density at radius 1 is 1.24 bits per heavy atom. The average molecular weight is 373 g/mol. The van der Waals surface area contributed by atoms with E-state index in [0.717, 1.165) is 16.7 Å². The first kappa shape index (κ1) is 17.2. The quantitative estimate of drug-likeness (QED) is 0.653. The summed E-state index contributed by atoms with van der Waals surface area (Å²) in [5.74, 6) is -1.61. The molecule has 2 heterocycles. The van der Waals surface area contributed by atoms with Crippen LogP contribution in [0.15, 0.2) is 37.2 Å². The summed E-state index contributed by atoms with van der Waals surface area (Å²) in [7, 11) is 0. The summed E-state index contributed by atoms with van der Waals surface area (Å²) < 4.78 is 49.5. The van der Waals surface area contributed by atoms with Crippen LogP contribution in [0.1, 0.15) is 12.0 Å². The van der Waals surface area contributed by atoms with Gasteiger partial charge in [-0.15, -0.1) is 0 Å². The number of rotatable bonds is 6. The van der Waals surface area contributed by atoms with Gasteiger partial charge >= 0.3 is 5.76 Å². The smallest absolute Gasteiger partial charge is 0.330 e. The van der Waals surface area contributed by atoms with Gasteiger partial charge in [0.15, 0.2) is 10.7 Å². The molecule has 0 unspecified atom stereocenters. The molecule has 0 saturated carbocycles. The lowest BCUT2D eigenvalue weighted by Gasteiger charge is -2.06. The number of hydrogen-bond donors (Lipinski definition) is 1. The van der Waals surface area contributed by atoms with E-state index in [1.807, 2.05) is 0 Å². The number of benzene rings is 1. The highest BCUT2D eigenvalue weighted by molar-refractivity contribution is 7.99. The summed E-state index contributed by atoms with van der Waals surface area (Å²) in [6.45, 7) is 0.351. The van der Waals surface area contributed by atoms with Gasteiger partial charge in [0.05, 0.1) is 5.69 Å². The Morgan fingerprint density at radius 3 is 2.76 bits per heavy atom. The third kappa shape index (κ3) is 3.44. The Labute approximate surface area is 141 Å². The van der Waals surface area contributed by atoms with Crippen LogP contribution in [0.5, 0.6) is 0 Å². The topological polar surface area (TPSA) is 113 Å². The van der Waals surface area contributed by atoms with Gasteiger partial charge in [0.2, 0.25) is 5.82 Å². The fraction of sp³-hybridized carbons (Fsp3) is 0.231. The van der Waals surface area contributed by atoms with Crippen molar-refractivity contribution in [2.24, 2.45) is 5.73 Å². The van der Waals surface area contributed by atoms with Crippen molar-refractivity contribution in [3.8, 4) is 17.2 Å².